The number of piperazine rings is 1. The molecule has 0 bridgehead atoms. The van der Waals surface area contributed by atoms with Crippen LogP contribution in [0.1, 0.15) is 43.0 Å². The van der Waals surface area contributed by atoms with Crippen molar-refractivity contribution < 1.29 is 18.0 Å². The van der Waals surface area contributed by atoms with Crippen molar-refractivity contribution in [1.82, 2.24) is 4.90 Å². The Morgan fingerprint density at radius 3 is 2.28 bits per heavy atom. The van der Waals surface area contributed by atoms with E-state index in [4.69, 9.17) is 11.6 Å². The van der Waals surface area contributed by atoms with Gasteiger partial charge in [-0.15, -0.1) is 0 Å². The molecule has 9 heteroatoms. The normalized spacial score (nSPS) is 16.0. The number of nitrogens with zero attached hydrogens (tertiary/aromatic N) is 3. The fourth-order valence-corrected chi connectivity index (χ4v) is 7.69. The number of carbonyl (C=O) groups excluding carboxylic acids is 2. The van der Waals surface area contributed by atoms with Crippen molar-refractivity contribution in [3.8, 4) is 0 Å². The molecule has 4 aromatic carbocycles. The second kappa shape index (κ2) is 11.2. The second-order valence-corrected chi connectivity index (χ2v) is 13.5. The third kappa shape index (κ3) is 5.30. The van der Waals surface area contributed by atoms with Gasteiger partial charge in [0.05, 0.1) is 27.6 Å². The zero-order valence-corrected chi connectivity index (χ0v) is 25.9. The van der Waals surface area contributed by atoms with Gasteiger partial charge in [-0.25, -0.2) is 8.42 Å². The van der Waals surface area contributed by atoms with E-state index in [9.17, 15) is 18.0 Å². The quantitative estimate of drug-likeness (QED) is 0.273. The van der Waals surface area contributed by atoms with Gasteiger partial charge >= 0.3 is 0 Å². The molecule has 0 aliphatic carbocycles. The van der Waals surface area contributed by atoms with Crippen LogP contribution >= 0.6 is 11.6 Å². The predicted octanol–water partition coefficient (Wildman–Crippen LogP) is 6.22. The van der Waals surface area contributed by atoms with Crippen LogP contribution in [0.5, 0.6) is 0 Å². The van der Waals surface area contributed by atoms with E-state index in [2.05, 4.69) is 4.90 Å². The van der Waals surface area contributed by atoms with Crippen molar-refractivity contribution in [2.24, 2.45) is 0 Å². The molecule has 220 valence electrons. The number of rotatable bonds is 4. The maximum absolute atomic E-state index is 14.0. The van der Waals surface area contributed by atoms with Crippen LogP contribution in [0.4, 0.5) is 11.4 Å². The number of sulfone groups is 1. The highest BCUT2D eigenvalue weighted by Gasteiger charge is 2.36. The number of anilines is 2. The number of fused-ring (bicyclic) bond motifs is 2. The molecule has 0 atom stereocenters. The second-order valence-electron chi connectivity index (χ2n) is 11.2. The fourth-order valence-electron chi connectivity index (χ4n) is 5.89. The van der Waals surface area contributed by atoms with Crippen molar-refractivity contribution in [3.63, 3.8) is 0 Å². The van der Waals surface area contributed by atoms with Crippen molar-refractivity contribution in [2.75, 3.05) is 36.0 Å². The highest BCUT2D eigenvalue weighted by atomic mass is 35.5. The molecule has 43 heavy (non-hydrogen) atoms. The monoisotopic (exact) mass is 613 g/mol. The highest BCUT2D eigenvalue weighted by Crippen LogP contribution is 2.39. The Morgan fingerprint density at radius 1 is 0.791 bits per heavy atom. The number of aryl methyl sites for hydroxylation is 3. The number of hydrogen-bond acceptors (Lipinski definition) is 5. The van der Waals surface area contributed by atoms with Gasteiger partial charge in [0.1, 0.15) is 0 Å². The minimum Gasteiger partial charge on any atom is -0.368 e. The molecule has 0 spiro atoms. The van der Waals surface area contributed by atoms with E-state index in [-0.39, 0.29) is 33.5 Å². The van der Waals surface area contributed by atoms with Crippen LogP contribution in [0.3, 0.4) is 0 Å². The van der Waals surface area contributed by atoms with E-state index in [1.807, 2.05) is 57.2 Å². The van der Waals surface area contributed by atoms with Crippen LogP contribution < -0.4 is 9.80 Å². The van der Waals surface area contributed by atoms with E-state index in [0.717, 1.165) is 27.9 Å². The van der Waals surface area contributed by atoms with Gasteiger partial charge < -0.3 is 14.7 Å². The molecule has 0 unspecified atom stereocenters. The van der Waals surface area contributed by atoms with Gasteiger partial charge in [0.15, 0.2) is 0 Å². The van der Waals surface area contributed by atoms with Gasteiger partial charge in [-0.3, -0.25) is 9.59 Å². The standard InChI is InChI=1S/C34H32ClN3O4S/c1-22-8-9-23(2)26(18-22)21-38-30-19-25(11-13-32(30)43(41,42)31-7-5-4-6-28(31)34(38)40)33(39)37-16-14-36(15-17-37)29-20-27(35)12-10-24(29)3/h4-13,18-20H,14-17,21H2,1-3H3. The van der Waals surface area contributed by atoms with Crippen molar-refractivity contribution in [2.45, 2.75) is 37.1 Å². The zero-order chi connectivity index (χ0) is 30.5. The topological polar surface area (TPSA) is 78.0 Å². The minimum atomic E-state index is -4.03. The fraction of sp³-hybridized carbons (Fsp3) is 0.235. The lowest BCUT2D eigenvalue weighted by Crippen LogP contribution is -2.49. The van der Waals surface area contributed by atoms with Gasteiger partial charge in [0.25, 0.3) is 11.8 Å². The van der Waals surface area contributed by atoms with Gasteiger partial charge in [0.2, 0.25) is 9.84 Å². The van der Waals surface area contributed by atoms with Crippen molar-refractivity contribution in [1.29, 1.82) is 0 Å². The van der Waals surface area contributed by atoms with Crippen molar-refractivity contribution >= 4 is 44.6 Å². The number of halogens is 1. The molecule has 2 aliphatic heterocycles. The Hall–Kier alpha value is -4.14. The molecule has 1 saturated heterocycles. The SMILES string of the molecule is Cc1ccc(C)c(CN2C(=O)c3ccccc3S(=O)(=O)c3ccc(C(=O)N4CCN(c5cc(Cl)ccc5C)CC4)cc32)c1. The number of amides is 2. The maximum Gasteiger partial charge on any atom is 0.259 e. The number of carbonyl (C=O) groups is 2. The lowest BCUT2D eigenvalue weighted by Gasteiger charge is -2.37. The van der Waals surface area contributed by atoms with Gasteiger partial charge in [-0.05, 0) is 79.9 Å². The summed E-state index contributed by atoms with van der Waals surface area (Å²) in [6.45, 7) is 8.42. The summed E-state index contributed by atoms with van der Waals surface area (Å²) in [5.74, 6) is -0.627. The average molecular weight is 614 g/mol. The average Bonchev–Trinajstić information content (AvgIpc) is 3.07. The molecular weight excluding hydrogens is 582 g/mol. The Labute approximate surface area is 257 Å². The summed E-state index contributed by atoms with van der Waals surface area (Å²) < 4.78 is 27.8. The maximum atomic E-state index is 14.0. The summed E-state index contributed by atoms with van der Waals surface area (Å²) in [6.07, 6.45) is 0. The lowest BCUT2D eigenvalue weighted by atomic mass is 10.0. The molecule has 4 aromatic rings. The molecule has 0 radical (unpaired) electrons. The Bertz CT molecular complexity index is 1880. The van der Waals surface area contributed by atoms with Crippen LogP contribution in [0.25, 0.3) is 0 Å². The third-order valence-corrected chi connectivity index (χ3v) is 10.4. The minimum absolute atomic E-state index is 0.00825. The van der Waals surface area contributed by atoms with E-state index in [1.165, 1.54) is 17.0 Å². The summed E-state index contributed by atoms with van der Waals surface area (Å²) in [7, 11) is -4.03. The largest absolute Gasteiger partial charge is 0.368 e. The van der Waals surface area contributed by atoms with Crippen LogP contribution in [0, 0.1) is 20.8 Å². The Kier molecular flexibility index (Phi) is 7.52. The molecule has 2 heterocycles. The summed E-state index contributed by atoms with van der Waals surface area (Å²) in [6, 6.07) is 22.7. The molecule has 2 aliphatic rings. The van der Waals surface area contributed by atoms with Crippen LogP contribution in [0.15, 0.2) is 88.7 Å². The lowest BCUT2D eigenvalue weighted by molar-refractivity contribution is 0.0746. The van der Waals surface area contributed by atoms with Gasteiger partial charge in [-0.1, -0.05) is 53.6 Å². The van der Waals surface area contributed by atoms with E-state index in [0.29, 0.717) is 36.8 Å². The molecule has 0 aromatic heterocycles. The van der Waals surface area contributed by atoms with Gasteiger partial charge in [-0.2, -0.15) is 0 Å². The first kappa shape index (κ1) is 29.0. The summed E-state index contributed by atoms with van der Waals surface area (Å²) in [5.41, 5.74) is 5.75. The number of benzene rings is 4. The predicted molar refractivity (Wildman–Crippen MR) is 169 cm³/mol. The smallest absolute Gasteiger partial charge is 0.259 e. The summed E-state index contributed by atoms with van der Waals surface area (Å²) in [4.78, 5) is 33.3. The summed E-state index contributed by atoms with van der Waals surface area (Å²) in [5, 5.41) is 0.668. The van der Waals surface area contributed by atoms with Crippen LogP contribution in [0.2, 0.25) is 5.02 Å². The van der Waals surface area contributed by atoms with Crippen LogP contribution in [-0.4, -0.2) is 51.3 Å². The first-order chi connectivity index (χ1) is 20.5. The Morgan fingerprint density at radius 2 is 1.51 bits per heavy atom. The molecule has 1 fully saturated rings. The van der Waals surface area contributed by atoms with E-state index < -0.39 is 15.7 Å². The summed E-state index contributed by atoms with van der Waals surface area (Å²) >= 11 is 6.24. The van der Waals surface area contributed by atoms with Crippen molar-refractivity contribution in [3.05, 3.63) is 117 Å². The molecule has 2 amide bonds. The highest BCUT2D eigenvalue weighted by molar-refractivity contribution is 7.91. The molecule has 7 nitrogen and oxygen atoms in total. The first-order valence-electron chi connectivity index (χ1n) is 14.2. The van der Waals surface area contributed by atoms with E-state index in [1.54, 1.807) is 35.2 Å². The third-order valence-electron chi connectivity index (χ3n) is 8.35. The Balaban J connectivity index is 1.36. The number of hydrogen-bond donors (Lipinski definition) is 0. The van der Waals surface area contributed by atoms with Gasteiger partial charge in [0, 0.05) is 42.5 Å². The zero-order valence-electron chi connectivity index (χ0n) is 24.3. The van der Waals surface area contributed by atoms with Crippen LogP contribution in [-0.2, 0) is 16.4 Å². The molecular formula is C34H32ClN3O4S. The molecule has 0 N–H and O–H groups in total. The first-order valence-corrected chi connectivity index (χ1v) is 16.1. The molecule has 6 rings (SSSR count). The molecule has 0 saturated carbocycles. The van der Waals surface area contributed by atoms with E-state index >= 15 is 0 Å².